The molecule has 1 atom stereocenters. The molecule has 6 nitrogen and oxygen atoms in total. The molecule has 4 heterocycles. The Balaban J connectivity index is 1.46. The molecule has 140 valence electrons. The van der Waals surface area contributed by atoms with Crippen LogP contribution in [0.25, 0.3) is 11.0 Å². The number of benzene rings is 1. The fourth-order valence-electron chi connectivity index (χ4n) is 3.91. The van der Waals surface area contributed by atoms with Crippen LogP contribution < -0.4 is 0 Å². The highest BCUT2D eigenvalue weighted by molar-refractivity contribution is 5.80. The summed E-state index contributed by atoms with van der Waals surface area (Å²) >= 11 is 0. The quantitative estimate of drug-likeness (QED) is 0.593. The lowest BCUT2D eigenvalue weighted by Crippen LogP contribution is -2.40. The van der Waals surface area contributed by atoms with Gasteiger partial charge in [-0.1, -0.05) is 18.2 Å². The Morgan fingerprint density at radius 3 is 2.93 bits per heavy atom. The first-order valence-electron chi connectivity index (χ1n) is 9.48. The molecule has 1 aliphatic heterocycles. The predicted molar refractivity (Wildman–Crippen MR) is 105 cm³/mol. The van der Waals surface area contributed by atoms with Gasteiger partial charge in [0.1, 0.15) is 17.4 Å². The fourth-order valence-corrected chi connectivity index (χ4v) is 3.91. The van der Waals surface area contributed by atoms with Gasteiger partial charge in [0.15, 0.2) is 0 Å². The highest BCUT2D eigenvalue weighted by atomic mass is 16.3. The number of H-pyrrole nitrogens is 1. The molecule has 0 saturated carbocycles. The largest absolute Gasteiger partial charge is 0.458 e. The number of aromatic nitrogens is 3. The topological polar surface area (TPSA) is 75.0 Å². The molecule has 6 heteroatoms. The van der Waals surface area contributed by atoms with E-state index in [0.717, 1.165) is 40.1 Å². The van der Waals surface area contributed by atoms with E-state index in [-0.39, 0.29) is 11.9 Å². The maximum atomic E-state index is 13.1. The minimum atomic E-state index is -0.299. The Morgan fingerprint density at radius 2 is 2.07 bits per heavy atom. The molecule has 4 aromatic rings. The van der Waals surface area contributed by atoms with Crippen molar-refractivity contribution in [3.8, 4) is 0 Å². The van der Waals surface area contributed by atoms with E-state index in [1.165, 1.54) is 0 Å². The minimum Gasteiger partial charge on any atom is -0.458 e. The van der Waals surface area contributed by atoms with Crippen LogP contribution in [0.2, 0.25) is 0 Å². The van der Waals surface area contributed by atoms with E-state index in [1.807, 2.05) is 47.4 Å². The van der Waals surface area contributed by atoms with Gasteiger partial charge in [-0.15, -0.1) is 0 Å². The average molecular weight is 372 g/mol. The van der Waals surface area contributed by atoms with E-state index < -0.39 is 0 Å². The summed E-state index contributed by atoms with van der Waals surface area (Å²) in [6.07, 6.45) is 7.12. The molecule has 5 rings (SSSR count). The average Bonchev–Trinajstić information content (AvgIpc) is 3.38. The van der Waals surface area contributed by atoms with Crippen LogP contribution in [0.15, 0.2) is 65.6 Å². The summed E-state index contributed by atoms with van der Waals surface area (Å²) in [5.41, 5.74) is 3.89. The Morgan fingerprint density at radius 1 is 1.21 bits per heavy atom. The molecule has 0 fully saturated rings. The zero-order valence-electron chi connectivity index (χ0n) is 15.3. The number of aryl methyl sites for hydroxylation is 1. The van der Waals surface area contributed by atoms with Crippen molar-refractivity contribution in [3.05, 3.63) is 83.9 Å². The normalized spacial score (nSPS) is 16.3. The lowest BCUT2D eigenvalue weighted by Gasteiger charge is -2.33. The zero-order valence-corrected chi connectivity index (χ0v) is 15.3. The van der Waals surface area contributed by atoms with Crippen molar-refractivity contribution in [2.75, 3.05) is 6.54 Å². The van der Waals surface area contributed by atoms with E-state index >= 15 is 0 Å². The van der Waals surface area contributed by atoms with Crippen LogP contribution in [0.4, 0.5) is 0 Å². The van der Waals surface area contributed by atoms with Crippen LogP contribution in [0.5, 0.6) is 0 Å². The van der Waals surface area contributed by atoms with Crippen LogP contribution in [0, 0.1) is 0 Å². The number of hydrogen-bond donors (Lipinski definition) is 1. The number of furan rings is 1. The van der Waals surface area contributed by atoms with Gasteiger partial charge in [0, 0.05) is 42.9 Å². The molecule has 1 aliphatic rings. The number of nitrogens with zero attached hydrogens (tertiary/aromatic N) is 3. The molecule has 0 radical (unpaired) electrons. The summed E-state index contributed by atoms with van der Waals surface area (Å²) in [6, 6.07) is 13.5. The molecule has 0 unspecified atom stereocenters. The third-order valence-electron chi connectivity index (χ3n) is 5.34. The van der Waals surface area contributed by atoms with Crippen molar-refractivity contribution in [2.45, 2.75) is 25.3 Å². The van der Waals surface area contributed by atoms with Crippen LogP contribution in [-0.2, 0) is 17.6 Å². The van der Waals surface area contributed by atoms with Crippen molar-refractivity contribution in [3.63, 3.8) is 0 Å². The number of para-hydroxylation sites is 1. The second-order valence-corrected chi connectivity index (χ2v) is 7.05. The highest BCUT2D eigenvalue weighted by Crippen LogP contribution is 2.36. The van der Waals surface area contributed by atoms with Gasteiger partial charge in [-0.2, -0.15) is 0 Å². The van der Waals surface area contributed by atoms with Crippen LogP contribution in [-0.4, -0.2) is 32.3 Å². The van der Waals surface area contributed by atoms with Crippen molar-refractivity contribution >= 4 is 16.9 Å². The summed E-state index contributed by atoms with van der Waals surface area (Å²) < 4.78 is 6.12. The maximum absolute atomic E-state index is 13.1. The SMILES string of the molecule is O=C(CCc1ccncc1)N1CCc2[nH]cnc2[C@H]1c1cc2ccccc2o1. The molecule has 0 bridgehead atoms. The summed E-state index contributed by atoms with van der Waals surface area (Å²) in [5.74, 6) is 0.863. The fraction of sp³-hybridized carbons (Fsp3) is 0.227. The summed E-state index contributed by atoms with van der Waals surface area (Å²) in [5, 5.41) is 1.03. The molecule has 28 heavy (non-hydrogen) atoms. The third kappa shape index (κ3) is 2.97. The molecule has 3 aromatic heterocycles. The number of pyridine rings is 1. The van der Waals surface area contributed by atoms with E-state index in [2.05, 4.69) is 15.0 Å². The monoisotopic (exact) mass is 372 g/mol. The predicted octanol–water partition coefficient (Wildman–Crippen LogP) is 3.66. The number of aromatic amines is 1. The molecule has 1 N–H and O–H groups in total. The molecular weight excluding hydrogens is 352 g/mol. The van der Waals surface area contributed by atoms with Crippen molar-refractivity contribution in [1.82, 2.24) is 19.9 Å². The molecule has 0 spiro atoms. The first-order chi connectivity index (χ1) is 13.8. The number of fused-ring (bicyclic) bond motifs is 2. The van der Waals surface area contributed by atoms with E-state index in [4.69, 9.17) is 4.42 Å². The maximum Gasteiger partial charge on any atom is 0.223 e. The van der Waals surface area contributed by atoms with Gasteiger partial charge in [-0.3, -0.25) is 9.78 Å². The van der Waals surface area contributed by atoms with E-state index in [9.17, 15) is 4.79 Å². The lowest BCUT2D eigenvalue weighted by molar-refractivity contribution is -0.133. The zero-order chi connectivity index (χ0) is 18.9. The number of hydrogen-bond acceptors (Lipinski definition) is 4. The second kappa shape index (κ2) is 6.96. The van der Waals surface area contributed by atoms with Crippen LogP contribution in [0.1, 0.15) is 35.2 Å². The van der Waals surface area contributed by atoms with E-state index in [0.29, 0.717) is 19.4 Å². The number of imidazole rings is 1. The van der Waals surface area contributed by atoms with E-state index in [1.54, 1.807) is 18.7 Å². The smallest absolute Gasteiger partial charge is 0.223 e. The van der Waals surface area contributed by atoms with Gasteiger partial charge in [-0.05, 0) is 36.2 Å². The van der Waals surface area contributed by atoms with Gasteiger partial charge < -0.3 is 14.3 Å². The number of nitrogens with one attached hydrogen (secondary N) is 1. The Bertz CT molecular complexity index is 1080. The van der Waals surface area contributed by atoms with Gasteiger partial charge in [0.2, 0.25) is 5.91 Å². The number of rotatable bonds is 4. The van der Waals surface area contributed by atoms with Crippen molar-refractivity contribution < 1.29 is 9.21 Å². The molecule has 0 aliphatic carbocycles. The standard InChI is InChI=1S/C22H20N4O2/c27-20(6-5-15-7-10-23-11-8-15)26-12-9-17-21(25-14-24-17)22(26)19-13-16-3-1-2-4-18(16)28-19/h1-4,7-8,10-11,13-14,22H,5-6,9,12H2,(H,24,25)/t22-/m1/s1. The highest BCUT2D eigenvalue weighted by Gasteiger charge is 2.36. The summed E-state index contributed by atoms with van der Waals surface area (Å²) in [7, 11) is 0. The lowest BCUT2D eigenvalue weighted by atomic mass is 9.99. The Hall–Kier alpha value is -3.41. The minimum absolute atomic E-state index is 0.107. The van der Waals surface area contributed by atoms with Crippen LogP contribution in [0.3, 0.4) is 0 Å². The Labute approximate surface area is 162 Å². The summed E-state index contributed by atoms with van der Waals surface area (Å²) in [4.78, 5) is 26.8. The molecule has 1 amide bonds. The molecule has 0 saturated heterocycles. The van der Waals surface area contributed by atoms with Gasteiger partial charge in [-0.25, -0.2) is 4.98 Å². The van der Waals surface area contributed by atoms with Crippen molar-refractivity contribution in [2.24, 2.45) is 0 Å². The second-order valence-electron chi connectivity index (χ2n) is 7.05. The van der Waals surface area contributed by atoms with Gasteiger partial charge in [0.05, 0.1) is 12.0 Å². The first kappa shape index (κ1) is 16.7. The van der Waals surface area contributed by atoms with Gasteiger partial charge in [0.25, 0.3) is 0 Å². The van der Waals surface area contributed by atoms with Crippen LogP contribution >= 0.6 is 0 Å². The third-order valence-corrected chi connectivity index (χ3v) is 5.34. The molecular formula is C22H20N4O2. The molecule has 1 aromatic carbocycles. The summed E-state index contributed by atoms with van der Waals surface area (Å²) in [6.45, 7) is 0.645. The Kier molecular flexibility index (Phi) is 4.16. The first-order valence-corrected chi connectivity index (χ1v) is 9.48. The van der Waals surface area contributed by atoms with Crippen molar-refractivity contribution in [1.29, 1.82) is 0 Å². The number of carbonyl (C=O) groups is 1. The number of amides is 1. The number of carbonyl (C=O) groups excluding carboxylic acids is 1. The van der Waals surface area contributed by atoms with Gasteiger partial charge >= 0.3 is 0 Å².